The number of benzene rings is 2. The van der Waals surface area contributed by atoms with E-state index in [4.69, 9.17) is 15.2 Å². The van der Waals surface area contributed by atoms with Crippen molar-refractivity contribution in [2.24, 2.45) is 0 Å². The Morgan fingerprint density at radius 3 is 2.84 bits per heavy atom. The van der Waals surface area contributed by atoms with Gasteiger partial charge in [-0.2, -0.15) is 0 Å². The number of hydrogen-bond acceptors (Lipinski definition) is 6. The normalized spacial score (nSPS) is 12.7. The van der Waals surface area contributed by atoms with Gasteiger partial charge in [-0.05, 0) is 18.2 Å². The zero-order chi connectivity index (χ0) is 21.4. The molecule has 1 aliphatic rings. The monoisotopic (exact) mass is 415 g/mol. The molecule has 2 aromatic carbocycles. The molecule has 31 heavy (non-hydrogen) atoms. The molecule has 2 aromatic heterocycles. The van der Waals surface area contributed by atoms with Gasteiger partial charge in [0.1, 0.15) is 23.1 Å². The second-order valence-electron chi connectivity index (χ2n) is 7.30. The number of carbonyl (C=O) groups excluding carboxylic acids is 1. The van der Waals surface area contributed by atoms with Gasteiger partial charge in [-0.1, -0.05) is 24.3 Å². The summed E-state index contributed by atoms with van der Waals surface area (Å²) in [5, 5.41) is 2.90. The average molecular weight is 415 g/mol. The van der Waals surface area contributed by atoms with Gasteiger partial charge in [-0.3, -0.25) is 4.79 Å². The van der Waals surface area contributed by atoms with E-state index >= 15 is 0 Å². The van der Waals surface area contributed by atoms with Crippen molar-refractivity contribution in [3.8, 4) is 11.4 Å². The van der Waals surface area contributed by atoms with Crippen LogP contribution in [-0.4, -0.2) is 27.6 Å². The number of methoxy groups -OCH3 is 1. The van der Waals surface area contributed by atoms with Gasteiger partial charge in [0.15, 0.2) is 5.82 Å². The minimum absolute atomic E-state index is 0.115. The van der Waals surface area contributed by atoms with Crippen molar-refractivity contribution >= 4 is 28.4 Å². The lowest BCUT2D eigenvalue weighted by molar-refractivity contribution is -0.115. The second-order valence-corrected chi connectivity index (χ2v) is 7.30. The first-order valence-corrected chi connectivity index (χ1v) is 9.88. The van der Waals surface area contributed by atoms with Crippen LogP contribution in [-0.2, 0) is 29.2 Å². The first-order chi connectivity index (χ1) is 15.2. The fraction of sp³-hybridized carbons (Fsp3) is 0.174. The maximum Gasteiger partial charge on any atom is 0.228 e. The molecule has 3 heterocycles. The third kappa shape index (κ3) is 3.36. The fourth-order valence-corrected chi connectivity index (χ4v) is 4.00. The van der Waals surface area contributed by atoms with Crippen molar-refractivity contribution in [2.75, 3.05) is 18.2 Å². The maximum atomic E-state index is 12.5. The van der Waals surface area contributed by atoms with E-state index in [1.165, 1.54) is 6.33 Å². The Morgan fingerprint density at radius 2 is 2.03 bits per heavy atom. The van der Waals surface area contributed by atoms with Crippen LogP contribution in [0.2, 0.25) is 0 Å². The highest BCUT2D eigenvalue weighted by Crippen LogP contribution is 2.36. The van der Waals surface area contributed by atoms with Gasteiger partial charge < -0.3 is 25.1 Å². The second kappa shape index (κ2) is 7.73. The average Bonchev–Trinajstić information content (AvgIpc) is 3.37. The first kappa shape index (κ1) is 19.1. The van der Waals surface area contributed by atoms with Gasteiger partial charge in [-0.25, -0.2) is 9.97 Å². The lowest BCUT2D eigenvalue weighted by Gasteiger charge is -2.14. The summed E-state index contributed by atoms with van der Waals surface area (Å²) in [7, 11) is 1.59. The Labute approximate surface area is 178 Å². The predicted octanol–water partition coefficient (Wildman–Crippen LogP) is 3.22. The van der Waals surface area contributed by atoms with Crippen LogP contribution < -0.4 is 15.8 Å². The van der Waals surface area contributed by atoms with Gasteiger partial charge in [0.05, 0.1) is 32.4 Å². The van der Waals surface area contributed by atoms with Gasteiger partial charge in [0, 0.05) is 28.6 Å². The largest absolute Gasteiger partial charge is 0.496 e. The van der Waals surface area contributed by atoms with E-state index in [2.05, 4.69) is 15.3 Å². The van der Waals surface area contributed by atoms with Crippen LogP contribution in [0.4, 0.5) is 11.5 Å². The SMILES string of the molecule is COc1cc(-n2c3c(c4ncnc(N)c42)COC3)ccc1CC(=O)Nc1ccccc1. The molecule has 0 saturated heterocycles. The first-order valence-electron chi connectivity index (χ1n) is 9.88. The molecule has 0 fully saturated rings. The quantitative estimate of drug-likeness (QED) is 0.519. The molecule has 4 aromatic rings. The molecule has 0 unspecified atom stereocenters. The Bertz CT molecular complexity index is 1280. The van der Waals surface area contributed by atoms with Crippen LogP contribution in [0.25, 0.3) is 16.7 Å². The molecule has 0 saturated carbocycles. The van der Waals surface area contributed by atoms with Gasteiger partial charge in [0.2, 0.25) is 5.91 Å². The van der Waals surface area contributed by atoms with Crippen molar-refractivity contribution in [2.45, 2.75) is 19.6 Å². The van der Waals surface area contributed by atoms with Gasteiger partial charge in [-0.15, -0.1) is 0 Å². The Hall–Kier alpha value is -3.91. The number of aromatic nitrogens is 3. The lowest BCUT2D eigenvalue weighted by Crippen LogP contribution is -2.15. The Balaban J connectivity index is 1.51. The van der Waals surface area contributed by atoms with Crippen molar-refractivity contribution < 1.29 is 14.3 Å². The molecular formula is C23H21N5O3. The fourth-order valence-electron chi connectivity index (χ4n) is 4.00. The maximum absolute atomic E-state index is 12.5. The van der Waals surface area contributed by atoms with Crippen LogP contribution in [0.5, 0.6) is 5.75 Å². The number of carbonyl (C=O) groups is 1. The number of nitrogens with two attached hydrogens (primary N) is 1. The van der Waals surface area contributed by atoms with Crippen LogP contribution in [0, 0.1) is 0 Å². The summed E-state index contributed by atoms with van der Waals surface area (Å²) in [6.45, 7) is 0.957. The van der Waals surface area contributed by atoms with Crippen molar-refractivity contribution in [1.29, 1.82) is 0 Å². The molecule has 0 atom stereocenters. The minimum atomic E-state index is -0.115. The smallest absolute Gasteiger partial charge is 0.228 e. The minimum Gasteiger partial charge on any atom is -0.496 e. The highest BCUT2D eigenvalue weighted by Gasteiger charge is 2.26. The number of fused-ring (bicyclic) bond motifs is 3. The van der Waals surface area contributed by atoms with Crippen LogP contribution in [0.1, 0.15) is 16.8 Å². The third-order valence-corrected chi connectivity index (χ3v) is 5.40. The Morgan fingerprint density at radius 1 is 1.19 bits per heavy atom. The highest BCUT2D eigenvalue weighted by molar-refractivity contribution is 5.93. The van der Waals surface area contributed by atoms with Crippen molar-refractivity contribution in [3.63, 3.8) is 0 Å². The zero-order valence-electron chi connectivity index (χ0n) is 17.0. The van der Waals surface area contributed by atoms with Crippen LogP contribution in [0.15, 0.2) is 54.9 Å². The van der Waals surface area contributed by atoms with E-state index in [-0.39, 0.29) is 12.3 Å². The summed E-state index contributed by atoms with van der Waals surface area (Å²) < 4.78 is 13.3. The van der Waals surface area contributed by atoms with Crippen LogP contribution in [0.3, 0.4) is 0 Å². The molecule has 8 nitrogen and oxygen atoms in total. The zero-order valence-corrected chi connectivity index (χ0v) is 17.0. The molecule has 0 radical (unpaired) electrons. The molecule has 0 bridgehead atoms. The molecule has 3 N–H and O–H groups in total. The number of para-hydroxylation sites is 1. The van der Waals surface area contributed by atoms with E-state index in [0.29, 0.717) is 24.8 Å². The number of nitrogens with one attached hydrogen (secondary N) is 1. The summed E-state index contributed by atoms with van der Waals surface area (Å²) >= 11 is 0. The molecule has 8 heteroatoms. The topological polar surface area (TPSA) is 104 Å². The molecule has 0 aliphatic carbocycles. The number of rotatable bonds is 5. The summed E-state index contributed by atoms with van der Waals surface area (Å²) in [5.41, 5.74) is 12.2. The van der Waals surface area contributed by atoms with E-state index in [1.54, 1.807) is 7.11 Å². The highest BCUT2D eigenvalue weighted by atomic mass is 16.5. The number of hydrogen-bond donors (Lipinski definition) is 2. The number of nitrogens with zero attached hydrogens (tertiary/aromatic N) is 3. The van der Waals surface area contributed by atoms with Gasteiger partial charge >= 0.3 is 0 Å². The lowest BCUT2D eigenvalue weighted by atomic mass is 10.1. The molecular weight excluding hydrogens is 394 g/mol. The number of amides is 1. The molecule has 5 rings (SSSR count). The molecule has 1 aliphatic heterocycles. The van der Waals surface area contributed by atoms with Crippen molar-refractivity contribution in [1.82, 2.24) is 14.5 Å². The molecule has 156 valence electrons. The molecule has 0 spiro atoms. The number of ether oxygens (including phenoxy) is 2. The van der Waals surface area contributed by atoms with E-state index in [9.17, 15) is 4.79 Å². The molecule has 1 amide bonds. The third-order valence-electron chi connectivity index (χ3n) is 5.40. The van der Waals surface area contributed by atoms with Gasteiger partial charge in [0.25, 0.3) is 0 Å². The Kier molecular flexibility index (Phi) is 4.76. The van der Waals surface area contributed by atoms with Crippen LogP contribution >= 0.6 is 0 Å². The number of nitrogen functional groups attached to an aromatic ring is 1. The summed E-state index contributed by atoms with van der Waals surface area (Å²) in [6, 6.07) is 15.1. The van der Waals surface area contributed by atoms with Crippen molar-refractivity contribution in [3.05, 3.63) is 71.7 Å². The van der Waals surface area contributed by atoms with E-state index < -0.39 is 0 Å². The number of anilines is 2. The summed E-state index contributed by atoms with van der Waals surface area (Å²) in [5.74, 6) is 0.908. The summed E-state index contributed by atoms with van der Waals surface area (Å²) in [6.07, 6.45) is 1.66. The summed E-state index contributed by atoms with van der Waals surface area (Å²) in [4.78, 5) is 21.1. The van der Waals surface area contributed by atoms with E-state index in [1.807, 2.05) is 53.1 Å². The predicted molar refractivity (Wildman–Crippen MR) is 117 cm³/mol. The standard InChI is InChI=1S/C23H21N5O3/c1-30-19-10-16(8-7-14(19)9-20(29)27-15-5-3-2-4-6-15)28-18-12-31-11-17(18)21-22(28)23(24)26-13-25-21/h2-8,10,13H,9,11-12H2,1H3,(H,27,29)(H2,24,25,26). The van der Waals surface area contributed by atoms with E-state index in [0.717, 1.165) is 39.2 Å².